The van der Waals surface area contributed by atoms with Crippen LogP contribution >= 0.6 is 0 Å². The molecule has 0 radical (unpaired) electrons. The van der Waals surface area contributed by atoms with Crippen LogP contribution in [0.5, 0.6) is 0 Å². The van der Waals surface area contributed by atoms with Crippen molar-refractivity contribution in [3.8, 4) is 0 Å². The van der Waals surface area contributed by atoms with Gasteiger partial charge in [-0.2, -0.15) is 0 Å². The third-order valence-electron chi connectivity index (χ3n) is 2.27. The highest BCUT2D eigenvalue weighted by molar-refractivity contribution is 4.53. The Labute approximate surface area is 99.3 Å². The van der Waals surface area contributed by atoms with E-state index in [0.717, 1.165) is 6.42 Å². The molecule has 0 bridgehead atoms. The quantitative estimate of drug-likeness (QED) is 0.526. The van der Waals surface area contributed by atoms with E-state index in [0.29, 0.717) is 25.7 Å². The summed E-state index contributed by atoms with van der Waals surface area (Å²) in [6, 6.07) is 0. The molecular formula is C12H28O4. The molecule has 0 aliphatic heterocycles. The number of unbranched alkanes of at least 4 members (excludes halogenated alkanes) is 1. The monoisotopic (exact) mass is 236 g/mol. The number of aliphatic hydroxyl groups is 3. The Morgan fingerprint density at radius 1 is 1.00 bits per heavy atom. The lowest BCUT2D eigenvalue weighted by molar-refractivity contribution is 0.0650. The van der Waals surface area contributed by atoms with E-state index in [1.54, 1.807) is 0 Å². The van der Waals surface area contributed by atoms with Crippen LogP contribution in [0.2, 0.25) is 0 Å². The fraction of sp³-hybridized carbons (Fsp3) is 1.00. The summed E-state index contributed by atoms with van der Waals surface area (Å²) in [5.74, 6) is 0.560. The van der Waals surface area contributed by atoms with Gasteiger partial charge >= 0.3 is 0 Å². The molecule has 0 aromatic carbocycles. The number of rotatable bonds is 9. The van der Waals surface area contributed by atoms with Crippen LogP contribution in [-0.2, 0) is 4.74 Å². The van der Waals surface area contributed by atoms with E-state index in [1.165, 1.54) is 19.3 Å². The van der Waals surface area contributed by atoms with Gasteiger partial charge < -0.3 is 20.1 Å². The summed E-state index contributed by atoms with van der Waals surface area (Å²) in [6.07, 6.45) is 4.83. The van der Waals surface area contributed by atoms with Crippen molar-refractivity contribution in [3.63, 3.8) is 0 Å². The minimum atomic E-state index is 0.0278. The molecule has 0 saturated carbocycles. The number of hydrogen-bond acceptors (Lipinski definition) is 4. The van der Waals surface area contributed by atoms with Gasteiger partial charge in [-0.05, 0) is 12.3 Å². The average molecular weight is 236 g/mol. The number of hydrogen-bond donors (Lipinski definition) is 3. The van der Waals surface area contributed by atoms with Crippen molar-refractivity contribution in [2.75, 3.05) is 33.0 Å². The van der Waals surface area contributed by atoms with Gasteiger partial charge in [0, 0.05) is 6.61 Å². The van der Waals surface area contributed by atoms with Crippen LogP contribution in [0.4, 0.5) is 0 Å². The van der Waals surface area contributed by atoms with E-state index in [2.05, 4.69) is 18.6 Å². The van der Waals surface area contributed by atoms with Gasteiger partial charge in [0.05, 0.1) is 26.4 Å². The first-order chi connectivity index (χ1) is 7.76. The first-order valence-corrected chi connectivity index (χ1v) is 6.16. The molecule has 0 aliphatic carbocycles. The summed E-state index contributed by atoms with van der Waals surface area (Å²) in [6.45, 7) is 5.39. The molecule has 16 heavy (non-hydrogen) atoms. The lowest BCUT2D eigenvalue weighted by Crippen LogP contribution is -2.03. The fourth-order valence-electron chi connectivity index (χ4n) is 1.15. The Morgan fingerprint density at radius 2 is 1.56 bits per heavy atom. The summed E-state index contributed by atoms with van der Waals surface area (Å²) in [4.78, 5) is 0. The third kappa shape index (κ3) is 16.3. The topological polar surface area (TPSA) is 69.9 Å². The summed E-state index contributed by atoms with van der Waals surface area (Å²) in [7, 11) is 0. The SMILES string of the molecule is CCCCC(CC)CO.OCCOCCO. The van der Waals surface area contributed by atoms with E-state index in [-0.39, 0.29) is 13.2 Å². The second-order valence-corrected chi connectivity index (χ2v) is 3.66. The van der Waals surface area contributed by atoms with Gasteiger partial charge in [0.1, 0.15) is 0 Å². The van der Waals surface area contributed by atoms with Crippen molar-refractivity contribution < 1.29 is 20.1 Å². The normalized spacial score (nSPS) is 11.8. The van der Waals surface area contributed by atoms with Crippen LogP contribution in [0, 0.1) is 5.92 Å². The molecule has 0 aromatic heterocycles. The molecule has 0 spiro atoms. The number of ether oxygens (including phenoxy) is 1. The maximum atomic E-state index is 8.75. The van der Waals surface area contributed by atoms with E-state index < -0.39 is 0 Å². The number of aliphatic hydroxyl groups excluding tert-OH is 3. The fourth-order valence-corrected chi connectivity index (χ4v) is 1.15. The highest BCUT2D eigenvalue weighted by Crippen LogP contribution is 2.10. The van der Waals surface area contributed by atoms with Crippen molar-refractivity contribution in [1.82, 2.24) is 0 Å². The molecule has 0 saturated heterocycles. The molecular weight excluding hydrogens is 208 g/mol. The Bertz CT molecular complexity index is 101. The standard InChI is InChI=1S/C8H18O.C4H10O3/c1-3-5-6-8(4-2)7-9;5-1-3-7-4-2-6/h8-9H,3-7H2,1-2H3;5-6H,1-4H2. The second kappa shape index (κ2) is 17.2. The van der Waals surface area contributed by atoms with Gasteiger partial charge in [-0.25, -0.2) is 0 Å². The van der Waals surface area contributed by atoms with Crippen molar-refractivity contribution in [1.29, 1.82) is 0 Å². The van der Waals surface area contributed by atoms with Gasteiger partial charge in [0.2, 0.25) is 0 Å². The van der Waals surface area contributed by atoms with Gasteiger partial charge in [-0.3, -0.25) is 0 Å². The molecule has 0 heterocycles. The Hall–Kier alpha value is -0.160. The third-order valence-corrected chi connectivity index (χ3v) is 2.27. The molecule has 1 atom stereocenters. The van der Waals surface area contributed by atoms with Gasteiger partial charge in [0.25, 0.3) is 0 Å². The van der Waals surface area contributed by atoms with E-state index in [4.69, 9.17) is 15.3 Å². The van der Waals surface area contributed by atoms with Gasteiger partial charge in [-0.15, -0.1) is 0 Å². The van der Waals surface area contributed by atoms with E-state index >= 15 is 0 Å². The molecule has 100 valence electrons. The first kappa shape index (κ1) is 18.2. The molecule has 1 unspecified atom stereocenters. The summed E-state index contributed by atoms with van der Waals surface area (Å²) in [5.41, 5.74) is 0. The molecule has 0 aliphatic rings. The highest BCUT2D eigenvalue weighted by Gasteiger charge is 2.01. The molecule has 4 nitrogen and oxygen atoms in total. The Kier molecular flexibility index (Phi) is 19.6. The van der Waals surface area contributed by atoms with Gasteiger partial charge in [-0.1, -0.05) is 33.1 Å². The van der Waals surface area contributed by atoms with Crippen molar-refractivity contribution in [2.45, 2.75) is 39.5 Å². The van der Waals surface area contributed by atoms with Crippen LogP contribution in [0.25, 0.3) is 0 Å². The zero-order valence-electron chi connectivity index (χ0n) is 10.7. The van der Waals surface area contributed by atoms with Crippen LogP contribution in [0.1, 0.15) is 39.5 Å². The molecule has 0 aromatic rings. The Balaban J connectivity index is 0. The zero-order chi connectivity index (χ0) is 12.6. The maximum Gasteiger partial charge on any atom is 0.0698 e. The average Bonchev–Trinajstić information content (AvgIpc) is 2.32. The summed E-state index contributed by atoms with van der Waals surface area (Å²) < 4.78 is 4.63. The van der Waals surface area contributed by atoms with E-state index in [9.17, 15) is 0 Å². The highest BCUT2D eigenvalue weighted by atomic mass is 16.5. The van der Waals surface area contributed by atoms with Crippen molar-refractivity contribution in [3.05, 3.63) is 0 Å². The lowest BCUT2D eigenvalue weighted by Gasteiger charge is -2.08. The van der Waals surface area contributed by atoms with Crippen molar-refractivity contribution >= 4 is 0 Å². The van der Waals surface area contributed by atoms with E-state index in [1.807, 2.05) is 0 Å². The Morgan fingerprint density at radius 3 is 1.88 bits per heavy atom. The molecule has 4 heteroatoms. The minimum Gasteiger partial charge on any atom is -0.396 e. The predicted molar refractivity (Wildman–Crippen MR) is 65.4 cm³/mol. The van der Waals surface area contributed by atoms with Crippen LogP contribution in [-0.4, -0.2) is 48.4 Å². The van der Waals surface area contributed by atoms with Gasteiger partial charge in [0.15, 0.2) is 0 Å². The maximum absolute atomic E-state index is 8.75. The molecule has 3 N–H and O–H groups in total. The zero-order valence-corrected chi connectivity index (χ0v) is 10.7. The largest absolute Gasteiger partial charge is 0.396 e. The second-order valence-electron chi connectivity index (χ2n) is 3.66. The smallest absolute Gasteiger partial charge is 0.0698 e. The van der Waals surface area contributed by atoms with Crippen LogP contribution in [0.3, 0.4) is 0 Å². The molecule has 0 amide bonds. The molecule has 0 rings (SSSR count). The summed E-state index contributed by atoms with van der Waals surface area (Å²) in [5, 5.41) is 24.9. The van der Waals surface area contributed by atoms with Crippen molar-refractivity contribution in [2.24, 2.45) is 5.92 Å². The minimum absolute atomic E-state index is 0.0278. The predicted octanol–water partition coefficient (Wildman–Crippen LogP) is 1.18. The van der Waals surface area contributed by atoms with Crippen LogP contribution < -0.4 is 0 Å². The lowest BCUT2D eigenvalue weighted by atomic mass is 10.0. The first-order valence-electron chi connectivity index (χ1n) is 6.16. The summed E-state index contributed by atoms with van der Waals surface area (Å²) >= 11 is 0. The molecule has 0 fully saturated rings. The van der Waals surface area contributed by atoms with Crippen LogP contribution in [0.15, 0.2) is 0 Å².